The van der Waals surface area contributed by atoms with Crippen LogP contribution < -0.4 is 15.5 Å². The fourth-order valence-corrected chi connectivity index (χ4v) is 3.40. The highest BCUT2D eigenvalue weighted by molar-refractivity contribution is 6.11. The molecule has 2 aromatic rings. The standard InChI is InChI=1S/C24H23N5O2/c1-3-8-17-11-16(13-21(23(17)30)31-4-2)12-18(14-25)22-20(15-26)24(27)29(28-22)19-9-6-5-7-10-19/h3,5-7,9-13,20,24,30H,1,4,8,27H2,2H3/b18-12-/t20-,24-/m0/s1. The number of hydrazone groups is 1. The van der Waals surface area contributed by atoms with Crippen LogP contribution in [0.2, 0.25) is 0 Å². The number of hydrogen-bond acceptors (Lipinski definition) is 7. The Morgan fingerprint density at radius 2 is 2.06 bits per heavy atom. The fourth-order valence-electron chi connectivity index (χ4n) is 3.40. The molecule has 7 nitrogen and oxygen atoms in total. The van der Waals surface area contributed by atoms with Crippen LogP contribution in [0, 0.1) is 28.6 Å². The summed E-state index contributed by atoms with van der Waals surface area (Å²) in [6.07, 6.45) is 3.02. The zero-order chi connectivity index (χ0) is 22.4. The van der Waals surface area contributed by atoms with Crippen LogP contribution in [0.4, 0.5) is 5.69 Å². The SMILES string of the molecule is C=CCc1cc(/C=C(/C#N)C2=NN(c3ccccc3)[C@H](N)[C@H]2C#N)cc(OCC)c1O. The molecule has 0 fully saturated rings. The van der Waals surface area contributed by atoms with Gasteiger partial charge in [-0.05, 0) is 49.2 Å². The topological polar surface area (TPSA) is 119 Å². The van der Waals surface area contributed by atoms with Gasteiger partial charge in [-0.2, -0.15) is 15.6 Å². The molecule has 0 aromatic heterocycles. The number of hydrogen-bond donors (Lipinski definition) is 2. The third-order valence-electron chi connectivity index (χ3n) is 4.84. The summed E-state index contributed by atoms with van der Waals surface area (Å²) in [7, 11) is 0. The molecule has 0 spiro atoms. The fraction of sp³-hybridized carbons (Fsp3) is 0.208. The van der Waals surface area contributed by atoms with Crippen molar-refractivity contribution in [2.45, 2.75) is 19.5 Å². The van der Waals surface area contributed by atoms with Crippen molar-refractivity contribution in [1.29, 1.82) is 10.5 Å². The van der Waals surface area contributed by atoms with E-state index in [0.717, 1.165) is 5.69 Å². The van der Waals surface area contributed by atoms with E-state index in [1.165, 1.54) is 0 Å². The summed E-state index contributed by atoms with van der Waals surface area (Å²) in [5.74, 6) is -0.414. The molecule has 2 atom stereocenters. The van der Waals surface area contributed by atoms with Gasteiger partial charge in [0.05, 0.1) is 29.6 Å². The van der Waals surface area contributed by atoms with E-state index in [1.54, 1.807) is 29.3 Å². The zero-order valence-electron chi connectivity index (χ0n) is 17.2. The molecule has 2 aromatic carbocycles. The molecule has 3 N–H and O–H groups in total. The Morgan fingerprint density at radius 3 is 2.68 bits per heavy atom. The van der Waals surface area contributed by atoms with Crippen molar-refractivity contribution in [3.05, 3.63) is 71.8 Å². The third-order valence-corrected chi connectivity index (χ3v) is 4.84. The van der Waals surface area contributed by atoms with Crippen LogP contribution in [0.15, 0.2) is 65.8 Å². The maximum absolute atomic E-state index is 10.4. The molecular weight excluding hydrogens is 390 g/mol. The van der Waals surface area contributed by atoms with Crippen LogP contribution in [0.1, 0.15) is 18.1 Å². The molecule has 0 unspecified atom stereocenters. The summed E-state index contributed by atoms with van der Waals surface area (Å²) in [6, 6.07) is 17.0. The highest BCUT2D eigenvalue weighted by Gasteiger charge is 2.37. The number of rotatable bonds is 7. The molecule has 0 aliphatic carbocycles. The minimum Gasteiger partial charge on any atom is -0.504 e. The molecule has 0 radical (unpaired) electrons. The number of benzene rings is 2. The Kier molecular flexibility index (Phi) is 6.71. The summed E-state index contributed by atoms with van der Waals surface area (Å²) in [5.41, 5.74) is 8.80. The van der Waals surface area contributed by atoms with Gasteiger partial charge in [-0.25, -0.2) is 5.01 Å². The van der Waals surface area contributed by atoms with E-state index < -0.39 is 12.1 Å². The first kappa shape index (κ1) is 21.6. The summed E-state index contributed by atoms with van der Waals surface area (Å²) in [4.78, 5) is 0. The van der Waals surface area contributed by atoms with E-state index in [-0.39, 0.29) is 11.3 Å². The number of nitrogens with two attached hydrogens (primary N) is 1. The quantitative estimate of drug-likeness (QED) is 0.527. The van der Waals surface area contributed by atoms with Crippen LogP contribution in [0.5, 0.6) is 11.5 Å². The molecule has 0 amide bonds. The molecule has 156 valence electrons. The molecule has 0 bridgehead atoms. The number of phenolic OH excluding ortho intramolecular Hbond substituents is 1. The van der Waals surface area contributed by atoms with Gasteiger partial charge in [0.1, 0.15) is 18.2 Å². The minimum absolute atomic E-state index is 0.0443. The van der Waals surface area contributed by atoms with Crippen molar-refractivity contribution in [3.8, 4) is 23.6 Å². The first-order valence-electron chi connectivity index (χ1n) is 9.83. The van der Waals surface area contributed by atoms with Crippen LogP contribution in [0.3, 0.4) is 0 Å². The Hall–Kier alpha value is -4.07. The zero-order valence-corrected chi connectivity index (χ0v) is 17.2. The predicted octanol–water partition coefficient (Wildman–Crippen LogP) is 3.73. The predicted molar refractivity (Wildman–Crippen MR) is 120 cm³/mol. The van der Waals surface area contributed by atoms with Gasteiger partial charge in [0, 0.05) is 5.56 Å². The molecule has 1 heterocycles. The number of para-hydroxylation sites is 1. The lowest BCUT2D eigenvalue weighted by atomic mass is 9.95. The first-order valence-corrected chi connectivity index (χ1v) is 9.83. The van der Waals surface area contributed by atoms with Crippen molar-refractivity contribution < 1.29 is 9.84 Å². The van der Waals surface area contributed by atoms with Crippen LogP contribution >= 0.6 is 0 Å². The van der Waals surface area contributed by atoms with Crippen molar-refractivity contribution in [2.24, 2.45) is 16.8 Å². The second-order valence-corrected chi connectivity index (χ2v) is 6.89. The highest BCUT2D eigenvalue weighted by atomic mass is 16.5. The molecule has 1 aliphatic rings. The number of aromatic hydroxyl groups is 1. The summed E-state index contributed by atoms with van der Waals surface area (Å²) in [5, 5.41) is 36.0. The maximum atomic E-state index is 10.4. The van der Waals surface area contributed by atoms with E-state index in [0.29, 0.717) is 35.6 Å². The van der Waals surface area contributed by atoms with Crippen LogP contribution in [-0.2, 0) is 6.42 Å². The van der Waals surface area contributed by atoms with Gasteiger partial charge in [-0.1, -0.05) is 24.3 Å². The Labute approximate surface area is 181 Å². The molecule has 31 heavy (non-hydrogen) atoms. The van der Waals surface area contributed by atoms with Gasteiger partial charge in [0.15, 0.2) is 11.5 Å². The lowest BCUT2D eigenvalue weighted by Crippen LogP contribution is -2.40. The lowest BCUT2D eigenvalue weighted by Gasteiger charge is -2.21. The van der Waals surface area contributed by atoms with Crippen LogP contribution in [-0.4, -0.2) is 23.6 Å². The number of ether oxygens (including phenoxy) is 1. The summed E-state index contributed by atoms with van der Waals surface area (Å²) < 4.78 is 5.53. The Bertz CT molecular complexity index is 1110. The van der Waals surface area contributed by atoms with Gasteiger partial charge in [-0.15, -0.1) is 6.58 Å². The molecule has 1 aliphatic heterocycles. The smallest absolute Gasteiger partial charge is 0.161 e. The monoisotopic (exact) mass is 413 g/mol. The Balaban J connectivity index is 2.07. The van der Waals surface area contributed by atoms with Gasteiger partial charge >= 0.3 is 0 Å². The second kappa shape index (κ2) is 9.62. The number of nitriles is 2. The van der Waals surface area contributed by atoms with Crippen molar-refractivity contribution in [3.63, 3.8) is 0 Å². The molecule has 3 rings (SSSR count). The summed E-state index contributed by atoms with van der Waals surface area (Å²) >= 11 is 0. The lowest BCUT2D eigenvalue weighted by molar-refractivity contribution is 0.317. The van der Waals surface area contributed by atoms with Crippen LogP contribution in [0.25, 0.3) is 6.08 Å². The van der Waals surface area contributed by atoms with E-state index in [9.17, 15) is 15.6 Å². The van der Waals surface area contributed by atoms with E-state index in [1.807, 2.05) is 37.3 Å². The number of anilines is 1. The number of nitrogens with zero attached hydrogens (tertiary/aromatic N) is 4. The third kappa shape index (κ3) is 4.42. The van der Waals surface area contributed by atoms with Gasteiger partial charge < -0.3 is 15.6 Å². The van der Waals surface area contributed by atoms with E-state index in [2.05, 4.69) is 23.8 Å². The van der Waals surface area contributed by atoms with Crippen molar-refractivity contribution in [1.82, 2.24) is 0 Å². The van der Waals surface area contributed by atoms with Gasteiger partial charge in [-0.3, -0.25) is 0 Å². The van der Waals surface area contributed by atoms with Gasteiger partial charge in [0.25, 0.3) is 0 Å². The first-order chi connectivity index (χ1) is 15.0. The van der Waals surface area contributed by atoms with Gasteiger partial charge in [0.2, 0.25) is 0 Å². The second-order valence-electron chi connectivity index (χ2n) is 6.89. The largest absolute Gasteiger partial charge is 0.504 e. The minimum atomic E-state index is -0.776. The molecular formula is C24H23N5O2. The molecule has 0 saturated carbocycles. The summed E-state index contributed by atoms with van der Waals surface area (Å²) in [6.45, 7) is 5.91. The molecule has 0 saturated heterocycles. The highest BCUT2D eigenvalue weighted by Crippen LogP contribution is 2.34. The Morgan fingerprint density at radius 1 is 1.32 bits per heavy atom. The normalized spacial score (nSPS) is 18.1. The van der Waals surface area contributed by atoms with Crippen molar-refractivity contribution in [2.75, 3.05) is 11.6 Å². The molecule has 7 heteroatoms. The average molecular weight is 413 g/mol. The average Bonchev–Trinajstić information content (AvgIpc) is 3.12. The van der Waals surface area contributed by atoms with E-state index >= 15 is 0 Å². The number of allylic oxidation sites excluding steroid dienone is 2. The van der Waals surface area contributed by atoms with Crippen molar-refractivity contribution >= 4 is 17.5 Å². The number of phenols is 1. The maximum Gasteiger partial charge on any atom is 0.161 e. The van der Waals surface area contributed by atoms with E-state index in [4.69, 9.17) is 10.5 Å².